The molecule has 1 N–H and O–H groups in total. The lowest BCUT2D eigenvalue weighted by Gasteiger charge is -2.24. The Morgan fingerprint density at radius 3 is 2.58 bits per heavy atom. The Balaban J connectivity index is 4.02. The first kappa shape index (κ1) is 11.5. The van der Waals surface area contributed by atoms with Crippen LogP contribution in [0.1, 0.15) is 33.6 Å². The topological polar surface area (TPSA) is 29.1 Å². The minimum atomic E-state index is -0.231. The second-order valence-electron chi connectivity index (χ2n) is 3.31. The molecule has 0 unspecified atom stereocenters. The average Bonchev–Trinajstić information content (AvgIpc) is 1.85. The van der Waals surface area contributed by atoms with Crippen LogP contribution in [0.4, 0.5) is 0 Å². The van der Waals surface area contributed by atoms with Gasteiger partial charge in [0, 0.05) is 27.4 Å². The zero-order valence-electron chi connectivity index (χ0n) is 7.70. The molecule has 0 aromatic rings. The third-order valence-corrected chi connectivity index (χ3v) is 1.69. The van der Waals surface area contributed by atoms with Gasteiger partial charge in [-0.15, -0.1) is 0 Å². The van der Waals surface area contributed by atoms with Crippen molar-refractivity contribution in [3.63, 3.8) is 0 Å². The Bertz CT molecular complexity index is 212. The van der Waals surface area contributed by atoms with Crippen LogP contribution in [0.5, 0.6) is 0 Å². The van der Waals surface area contributed by atoms with Gasteiger partial charge < -0.3 is 5.32 Å². The van der Waals surface area contributed by atoms with E-state index < -0.39 is 0 Å². The number of rotatable bonds is 3. The van der Waals surface area contributed by atoms with Crippen molar-refractivity contribution < 1.29 is 4.79 Å². The standard InChI is InChI=1S/C9H14BrNO/c1-4-6-9(2,3)11-8(12)5-7-10/h4,6H2,1-3H3,(H,11,12). The van der Waals surface area contributed by atoms with Crippen molar-refractivity contribution in [2.45, 2.75) is 39.2 Å². The van der Waals surface area contributed by atoms with Gasteiger partial charge in [0.15, 0.2) is 0 Å². The van der Waals surface area contributed by atoms with E-state index >= 15 is 0 Å². The lowest BCUT2D eigenvalue weighted by atomic mass is 9.99. The van der Waals surface area contributed by atoms with Crippen LogP contribution in [0.2, 0.25) is 0 Å². The summed E-state index contributed by atoms with van der Waals surface area (Å²) in [6.07, 6.45) is 2.01. The second kappa shape index (κ2) is 5.21. The Morgan fingerprint density at radius 1 is 1.58 bits per heavy atom. The molecule has 0 fully saturated rings. The average molecular weight is 232 g/mol. The molecule has 0 bridgehead atoms. The summed E-state index contributed by atoms with van der Waals surface area (Å²) < 4.78 is 0. The molecule has 3 heteroatoms. The summed E-state index contributed by atoms with van der Waals surface area (Å²) in [7, 11) is 0. The molecule has 0 radical (unpaired) electrons. The molecule has 0 atom stereocenters. The second-order valence-corrected chi connectivity index (χ2v) is 3.70. The maximum absolute atomic E-state index is 11.0. The van der Waals surface area contributed by atoms with Crippen molar-refractivity contribution >= 4 is 21.8 Å². The Hall–Kier alpha value is -0.490. The number of hydrogen-bond donors (Lipinski definition) is 1. The summed E-state index contributed by atoms with van der Waals surface area (Å²) in [5, 5.41) is 2.82. The number of amides is 1. The van der Waals surface area contributed by atoms with E-state index in [1.54, 1.807) is 0 Å². The van der Waals surface area contributed by atoms with Crippen molar-refractivity contribution in [2.24, 2.45) is 0 Å². The van der Waals surface area contributed by atoms with Gasteiger partial charge in [-0.1, -0.05) is 13.3 Å². The summed E-state index contributed by atoms with van der Waals surface area (Å²) >= 11 is 2.87. The molecule has 68 valence electrons. The van der Waals surface area contributed by atoms with E-state index in [4.69, 9.17) is 0 Å². The van der Waals surface area contributed by atoms with E-state index in [9.17, 15) is 4.79 Å². The predicted octanol–water partition coefficient (Wildman–Crippen LogP) is 2.04. The first-order valence-electron chi connectivity index (χ1n) is 3.95. The summed E-state index contributed by atoms with van der Waals surface area (Å²) in [5.41, 5.74) is -0.150. The van der Waals surface area contributed by atoms with Crippen LogP contribution in [0.15, 0.2) is 0 Å². The zero-order chi connectivity index (χ0) is 9.61. The normalized spacial score (nSPS) is 10.0. The number of carbonyl (C=O) groups excluding carboxylic acids is 1. The molecule has 0 aliphatic rings. The molecule has 0 saturated carbocycles. The SMILES string of the molecule is CCCC(C)(C)NC(=O)C#CBr. The molecule has 0 aliphatic carbocycles. The summed E-state index contributed by atoms with van der Waals surface area (Å²) in [5.74, 6) is 2.15. The molecule has 0 aromatic heterocycles. The lowest BCUT2D eigenvalue weighted by Crippen LogP contribution is -2.42. The van der Waals surface area contributed by atoms with Crippen molar-refractivity contribution in [3.05, 3.63) is 0 Å². The highest BCUT2D eigenvalue weighted by Crippen LogP contribution is 2.09. The number of nitrogens with one attached hydrogen (secondary N) is 1. The monoisotopic (exact) mass is 231 g/mol. The van der Waals surface area contributed by atoms with Gasteiger partial charge in [-0.2, -0.15) is 0 Å². The fourth-order valence-electron chi connectivity index (χ4n) is 1.07. The van der Waals surface area contributed by atoms with E-state index in [1.165, 1.54) is 0 Å². The van der Waals surface area contributed by atoms with Gasteiger partial charge in [-0.05, 0) is 25.1 Å². The van der Waals surface area contributed by atoms with Crippen LogP contribution in [-0.2, 0) is 4.79 Å². The Labute approximate surface area is 82.2 Å². The fourth-order valence-corrected chi connectivity index (χ4v) is 1.25. The molecule has 12 heavy (non-hydrogen) atoms. The molecule has 0 heterocycles. The highest BCUT2D eigenvalue weighted by Gasteiger charge is 2.17. The smallest absolute Gasteiger partial charge is 0.297 e. The van der Waals surface area contributed by atoms with Gasteiger partial charge >= 0.3 is 0 Å². The van der Waals surface area contributed by atoms with Gasteiger partial charge in [-0.3, -0.25) is 4.79 Å². The van der Waals surface area contributed by atoms with E-state index in [1.807, 2.05) is 13.8 Å². The number of halogens is 1. The first-order chi connectivity index (χ1) is 5.52. The highest BCUT2D eigenvalue weighted by molar-refractivity contribution is 9.12. The van der Waals surface area contributed by atoms with Gasteiger partial charge in [0.25, 0.3) is 5.91 Å². The van der Waals surface area contributed by atoms with Gasteiger partial charge in [0.05, 0.1) is 0 Å². The van der Waals surface area contributed by atoms with E-state index in [-0.39, 0.29) is 11.4 Å². The van der Waals surface area contributed by atoms with Crippen LogP contribution in [-0.4, -0.2) is 11.4 Å². The maximum Gasteiger partial charge on any atom is 0.297 e. The van der Waals surface area contributed by atoms with Gasteiger partial charge in [0.2, 0.25) is 0 Å². The zero-order valence-corrected chi connectivity index (χ0v) is 9.29. The molecule has 0 aromatic carbocycles. The lowest BCUT2D eigenvalue weighted by molar-refractivity contribution is -0.117. The van der Waals surface area contributed by atoms with Crippen LogP contribution < -0.4 is 5.32 Å². The molecule has 0 saturated heterocycles. The predicted molar refractivity (Wildman–Crippen MR) is 53.8 cm³/mol. The maximum atomic E-state index is 11.0. The van der Waals surface area contributed by atoms with Crippen molar-refractivity contribution in [1.82, 2.24) is 5.32 Å². The molecule has 0 aliphatic heterocycles. The van der Waals surface area contributed by atoms with Crippen LogP contribution in [0.25, 0.3) is 0 Å². The van der Waals surface area contributed by atoms with Crippen LogP contribution >= 0.6 is 15.9 Å². The first-order valence-corrected chi connectivity index (χ1v) is 4.75. The van der Waals surface area contributed by atoms with Crippen LogP contribution in [0, 0.1) is 10.8 Å². The molecular weight excluding hydrogens is 218 g/mol. The molecule has 1 amide bonds. The largest absolute Gasteiger partial charge is 0.340 e. The summed E-state index contributed by atoms with van der Waals surface area (Å²) in [6.45, 7) is 6.07. The van der Waals surface area contributed by atoms with Crippen molar-refractivity contribution in [3.8, 4) is 10.8 Å². The molecule has 2 nitrogen and oxygen atoms in total. The Morgan fingerprint density at radius 2 is 2.17 bits per heavy atom. The quantitative estimate of drug-likeness (QED) is 0.741. The number of carbonyl (C=O) groups is 1. The number of hydrogen-bond acceptors (Lipinski definition) is 1. The van der Waals surface area contributed by atoms with Crippen molar-refractivity contribution in [2.75, 3.05) is 0 Å². The Kier molecular flexibility index (Phi) is 5.00. The third-order valence-electron chi connectivity index (χ3n) is 1.49. The van der Waals surface area contributed by atoms with Gasteiger partial charge in [-0.25, -0.2) is 0 Å². The van der Waals surface area contributed by atoms with Gasteiger partial charge in [0.1, 0.15) is 0 Å². The van der Waals surface area contributed by atoms with E-state index in [0.29, 0.717) is 0 Å². The van der Waals surface area contributed by atoms with Crippen molar-refractivity contribution in [1.29, 1.82) is 0 Å². The minimum absolute atomic E-state index is 0.150. The molecular formula is C9H14BrNO. The minimum Gasteiger partial charge on any atom is -0.340 e. The summed E-state index contributed by atoms with van der Waals surface area (Å²) in [6, 6.07) is 0. The van der Waals surface area contributed by atoms with E-state index in [0.717, 1.165) is 12.8 Å². The fraction of sp³-hybridized carbons (Fsp3) is 0.667. The highest BCUT2D eigenvalue weighted by atomic mass is 79.9. The summed E-state index contributed by atoms with van der Waals surface area (Å²) in [4.78, 5) is 13.4. The van der Waals surface area contributed by atoms with E-state index in [2.05, 4.69) is 38.9 Å². The van der Waals surface area contributed by atoms with Crippen LogP contribution in [0.3, 0.4) is 0 Å². The molecule has 0 rings (SSSR count). The molecule has 0 spiro atoms. The third kappa shape index (κ3) is 5.20.